The SMILES string of the molecule is COC1OC(CO)C(O)[C@@H](O)C1OC1OC(CO)C(O)[C@@H](O)C1O. The third-order valence-corrected chi connectivity index (χ3v) is 4.20. The van der Waals surface area contributed by atoms with E-state index in [-0.39, 0.29) is 0 Å². The second kappa shape index (κ2) is 8.29. The van der Waals surface area contributed by atoms with E-state index in [4.69, 9.17) is 29.2 Å². The van der Waals surface area contributed by atoms with Crippen molar-refractivity contribution >= 4 is 0 Å². The number of aliphatic hydroxyl groups is 7. The standard InChI is InChI=1S/C13H24O11/c1-21-13-11(9(19)7(17)5(3-15)23-13)24-12-10(20)8(18)6(16)4(2-14)22-12/h4-20H,2-3H2,1H3/t4?,5?,6?,7?,8-,9-,10?,11?,12?,13?/m1/s1. The van der Waals surface area contributed by atoms with E-state index in [1.807, 2.05) is 0 Å². The Morgan fingerprint density at radius 2 is 1.21 bits per heavy atom. The fourth-order valence-corrected chi connectivity index (χ4v) is 2.73. The van der Waals surface area contributed by atoms with Crippen LogP contribution in [-0.2, 0) is 18.9 Å². The van der Waals surface area contributed by atoms with Crippen LogP contribution < -0.4 is 0 Å². The average Bonchev–Trinajstić information content (AvgIpc) is 2.59. The van der Waals surface area contributed by atoms with E-state index in [9.17, 15) is 25.5 Å². The zero-order valence-corrected chi connectivity index (χ0v) is 13.0. The summed E-state index contributed by atoms with van der Waals surface area (Å²) in [6, 6.07) is 0. The maximum absolute atomic E-state index is 10.2. The molecule has 2 fully saturated rings. The van der Waals surface area contributed by atoms with Crippen LogP contribution in [0.1, 0.15) is 0 Å². The molecule has 0 aromatic heterocycles. The minimum atomic E-state index is -1.68. The second-order valence-corrected chi connectivity index (χ2v) is 5.74. The average molecular weight is 356 g/mol. The van der Waals surface area contributed by atoms with Gasteiger partial charge in [-0.15, -0.1) is 0 Å². The monoisotopic (exact) mass is 356 g/mol. The van der Waals surface area contributed by atoms with Gasteiger partial charge in [0.2, 0.25) is 0 Å². The summed E-state index contributed by atoms with van der Waals surface area (Å²) in [6.07, 6.45) is -14.3. The third-order valence-electron chi connectivity index (χ3n) is 4.20. The summed E-state index contributed by atoms with van der Waals surface area (Å²) in [7, 11) is 1.24. The highest BCUT2D eigenvalue weighted by Gasteiger charge is 2.50. The van der Waals surface area contributed by atoms with Gasteiger partial charge in [0.15, 0.2) is 12.6 Å². The van der Waals surface area contributed by atoms with Gasteiger partial charge in [-0.05, 0) is 0 Å². The highest BCUT2D eigenvalue weighted by molar-refractivity contribution is 4.93. The normalized spacial score (nSPS) is 50.0. The Balaban J connectivity index is 2.12. The van der Waals surface area contributed by atoms with Crippen molar-refractivity contribution in [3.8, 4) is 0 Å². The van der Waals surface area contributed by atoms with Gasteiger partial charge in [-0.2, -0.15) is 0 Å². The van der Waals surface area contributed by atoms with E-state index in [0.29, 0.717) is 0 Å². The van der Waals surface area contributed by atoms with Crippen LogP contribution in [0.3, 0.4) is 0 Å². The van der Waals surface area contributed by atoms with E-state index in [1.54, 1.807) is 0 Å². The molecule has 11 nitrogen and oxygen atoms in total. The van der Waals surface area contributed by atoms with Gasteiger partial charge in [0.1, 0.15) is 48.8 Å². The molecule has 7 N–H and O–H groups in total. The zero-order valence-electron chi connectivity index (χ0n) is 13.0. The third kappa shape index (κ3) is 3.71. The fourth-order valence-electron chi connectivity index (χ4n) is 2.73. The first kappa shape index (κ1) is 19.9. The van der Waals surface area contributed by atoms with Gasteiger partial charge in [-0.3, -0.25) is 0 Å². The molecular weight excluding hydrogens is 332 g/mol. The largest absolute Gasteiger partial charge is 0.394 e. The second-order valence-electron chi connectivity index (χ2n) is 5.74. The van der Waals surface area contributed by atoms with Gasteiger partial charge in [-0.25, -0.2) is 0 Å². The molecule has 0 saturated carbocycles. The number of rotatable bonds is 5. The minimum absolute atomic E-state index is 0.565. The fraction of sp³-hybridized carbons (Fsp3) is 1.00. The van der Waals surface area contributed by atoms with E-state index >= 15 is 0 Å². The number of hydrogen-bond acceptors (Lipinski definition) is 11. The highest BCUT2D eigenvalue weighted by Crippen LogP contribution is 2.29. The van der Waals surface area contributed by atoms with E-state index in [2.05, 4.69) is 0 Å². The van der Waals surface area contributed by atoms with Gasteiger partial charge in [-0.1, -0.05) is 0 Å². The Bertz CT molecular complexity index is 392. The van der Waals surface area contributed by atoms with Crippen LogP contribution in [0, 0.1) is 0 Å². The first-order valence-electron chi connectivity index (χ1n) is 7.46. The van der Waals surface area contributed by atoms with Crippen LogP contribution in [-0.4, -0.2) is 117 Å². The minimum Gasteiger partial charge on any atom is -0.394 e. The Kier molecular flexibility index (Phi) is 6.87. The van der Waals surface area contributed by atoms with Crippen LogP contribution >= 0.6 is 0 Å². The summed E-state index contributed by atoms with van der Waals surface area (Å²) < 4.78 is 20.8. The van der Waals surface area contributed by atoms with Crippen LogP contribution in [0.4, 0.5) is 0 Å². The highest BCUT2D eigenvalue weighted by atomic mass is 16.8. The van der Waals surface area contributed by atoms with Crippen molar-refractivity contribution in [2.45, 2.75) is 61.4 Å². The summed E-state index contributed by atoms with van der Waals surface area (Å²) in [6.45, 7) is -1.21. The number of hydrogen-bond donors (Lipinski definition) is 7. The first-order chi connectivity index (χ1) is 11.3. The molecule has 11 heteroatoms. The van der Waals surface area contributed by atoms with Crippen molar-refractivity contribution in [2.75, 3.05) is 20.3 Å². The molecule has 2 aliphatic rings. The lowest BCUT2D eigenvalue weighted by atomic mass is 9.97. The van der Waals surface area contributed by atoms with Crippen LogP contribution in [0.25, 0.3) is 0 Å². The molecule has 0 bridgehead atoms. The molecule has 2 heterocycles. The zero-order chi connectivity index (χ0) is 18.0. The maximum Gasteiger partial charge on any atom is 0.187 e. The summed E-state index contributed by atoms with van der Waals surface area (Å²) >= 11 is 0. The summed E-state index contributed by atoms with van der Waals surface area (Å²) in [5, 5.41) is 67.8. The predicted octanol–water partition coefficient (Wildman–Crippen LogP) is -4.74. The molecule has 0 aromatic carbocycles. The van der Waals surface area contributed by atoms with E-state index in [1.165, 1.54) is 7.11 Å². The van der Waals surface area contributed by atoms with Crippen molar-refractivity contribution in [3.05, 3.63) is 0 Å². The maximum atomic E-state index is 10.2. The molecule has 2 saturated heterocycles. The van der Waals surface area contributed by atoms with Crippen molar-refractivity contribution < 1.29 is 54.7 Å². The van der Waals surface area contributed by atoms with Crippen molar-refractivity contribution in [2.24, 2.45) is 0 Å². The van der Waals surface area contributed by atoms with E-state index < -0.39 is 74.6 Å². The van der Waals surface area contributed by atoms with Crippen molar-refractivity contribution in [1.82, 2.24) is 0 Å². The Hall–Kier alpha value is -0.440. The molecule has 0 amide bonds. The Morgan fingerprint density at radius 3 is 1.71 bits per heavy atom. The molecule has 0 spiro atoms. The lowest BCUT2D eigenvalue weighted by Crippen LogP contribution is -2.64. The predicted molar refractivity (Wildman–Crippen MR) is 73.4 cm³/mol. The van der Waals surface area contributed by atoms with Gasteiger partial charge in [0.25, 0.3) is 0 Å². The lowest BCUT2D eigenvalue weighted by molar-refractivity contribution is -0.364. The topological polar surface area (TPSA) is 179 Å². The quantitative estimate of drug-likeness (QED) is 0.251. The molecular formula is C13H24O11. The first-order valence-corrected chi connectivity index (χ1v) is 7.46. The molecule has 8 unspecified atom stereocenters. The molecule has 2 rings (SSSR count). The van der Waals surface area contributed by atoms with Crippen LogP contribution in [0.15, 0.2) is 0 Å². The van der Waals surface area contributed by atoms with Crippen LogP contribution in [0.2, 0.25) is 0 Å². The lowest BCUT2D eigenvalue weighted by Gasteiger charge is -2.45. The van der Waals surface area contributed by atoms with Gasteiger partial charge < -0.3 is 54.7 Å². The van der Waals surface area contributed by atoms with Crippen LogP contribution in [0.5, 0.6) is 0 Å². The molecule has 24 heavy (non-hydrogen) atoms. The summed E-state index contributed by atoms with van der Waals surface area (Å²) in [4.78, 5) is 0. The van der Waals surface area contributed by atoms with E-state index in [0.717, 1.165) is 0 Å². The smallest absolute Gasteiger partial charge is 0.187 e. The number of ether oxygens (including phenoxy) is 4. The molecule has 2 aliphatic heterocycles. The summed E-state index contributed by atoms with van der Waals surface area (Å²) in [5.41, 5.74) is 0. The van der Waals surface area contributed by atoms with Crippen molar-refractivity contribution in [3.63, 3.8) is 0 Å². The molecule has 142 valence electrons. The number of methoxy groups -OCH3 is 1. The van der Waals surface area contributed by atoms with Crippen molar-refractivity contribution in [1.29, 1.82) is 0 Å². The summed E-state index contributed by atoms with van der Waals surface area (Å²) in [5.74, 6) is 0. The molecule has 10 atom stereocenters. The molecule has 0 aromatic rings. The van der Waals surface area contributed by atoms with Gasteiger partial charge in [0.05, 0.1) is 13.2 Å². The number of aliphatic hydroxyl groups excluding tert-OH is 7. The van der Waals surface area contributed by atoms with Gasteiger partial charge >= 0.3 is 0 Å². The Morgan fingerprint density at radius 1 is 0.708 bits per heavy atom. The molecule has 0 aliphatic carbocycles. The Labute approximate surface area is 137 Å². The van der Waals surface area contributed by atoms with Gasteiger partial charge in [0, 0.05) is 7.11 Å². The molecule has 0 radical (unpaired) electrons.